The molecule has 3 amide bonds. The molecule has 5 heteroatoms. The van der Waals surface area contributed by atoms with E-state index in [1.165, 1.54) is 5.56 Å². The molecule has 5 nitrogen and oxygen atoms in total. The highest BCUT2D eigenvalue weighted by Gasteiger charge is 2.24. The maximum atomic E-state index is 12.4. The van der Waals surface area contributed by atoms with Crippen LogP contribution in [0.15, 0.2) is 54.6 Å². The summed E-state index contributed by atoms with van der Waals surface area (Å²) < 4.78 is 0. The lowest BCUT2D eigenvalue weighted by atomic mass is 9.93. The van der Waals surface area contributed by atoms with Crippen LogP contribution < -0.4 is 10.6 Å². The minimum atomic E-state index is -0.0208. The van der Waals surface area contributed by atoms with Crippen molar-refractivity contribution in [2.24, 2.45) is 5.92 Å². The quantitative estimate of drug-likeness (QED) is 0.805. The van der Waals surface area contributed by atoms with Gasteiger partial charge in [0.15, 0.2) is 0 Å². The van der Waals surface area contributed by atoms with Gasteiger partial charge in [0.05, 0.1) is 0 Å². The zero-order chi connectivity index (χ0) is 19.8. The Morgan fingerprint density at radius 2 is 1.50 bits per heavy atom. The van der Waals surface area contributed by atoms with Crippen molar-refractivity contribution in [1.82, 2.24) is 15.5 Å². The third-order valence-corrected chi connectivity index (χ3v) is 5.27. The molecular weight excluding hydrogens is 350 g/mol. The van der Waals surface area contributed by atoms with Crippen LogP contribution in [0.4, 0.5) is 4.79 Å². The Morgan fingerprint density at radius 1 is 0.893 bits per heavy atom. The van der Waals surface area contributed by atoms with E-state index in [1.54, 1.807) is 0 Å². The number of nitrogens with zero attached hydrogens (tertiary/aromatic N) is 1. The van der Waals surface area contributed by atoms with Gasteiger partial charge in [-0.2, -0.15) is 0 Å². The highest BCUT2D eigenvalue weighted by atomic mass is 16.2. The average molecular weight is 380 g/mol. The van der Waals surface area contributed by atoms with Crippen molar-refractivity contribution in [3.8, 4) is 0 Å². The molecule has 1 fully saturated rings. The van der Waals surface area contributed by atoms with Crippen molar-refractivity contribution in [1.29, 1.82) is 0 Å². The van der Waals surface area contributed by atoms with Gasteiger partial charge < -0.3 is 15.5 Å². The average Bonchev–Trinajstić information content (AvgIpc) is 2.73. The Labute approximate surface area is 167 Å². The number of nitrogens with one attached hydrogen (secondary N) is 2. The van der Waals surface area contributed by atoms with Gasteiger partial charge in [-0.15, -0.1) is 0 Å². The molecule has 0 spiro atoms. The standard InChI is InChI=1S/C23H29N3O2/c1-18-7-9-21(10-8-18)17-25-23(28)26-13-11-19(12-14-26)15-22(27)24-16-20-5-3-2-4-6-20/h2-10,19H,11-17H2,1H3,(H,24,27)(H,25,28). The second kappa shape index (κ2) is 9.93. The number of rotatable bonds is 6. The van der Waals surface area contributed by atoms with E-state index in [9.17, 15) is 9.59 Å². The number of likely N-dealkylation sites (tertiary alicyclic amines) is 1. The highest BCUT2D eigenvalue weighted by molar-refractivity contribution is 5.76. The monoisotopic (exact) mass is 379 g/mol. The number of aryl methyl sites for hydroxylation is 1. The van der Waals surface area contributed by atoms with Gasteiger partial charge in [0.2, 0.25) is 5.91 Å². The van der Waals surface area contributed by atoms with Crippen molar-refractivity contribution in [2.75, 3.05) is 13.1 Å². The Morgan fingerprint density at radius 3 is 2.18 bits per heavy atom. The summed E-state index contributed by atoms with van der Waals surface area (Å²) >= 11 is 0. The zero-order valence-electron chi connectivity index (χ0n) is 16.5. The van der Waals surface area contributed by atoms with Crippen molar-refractivity contribution in [3.05, 3.63) is 71.3 Å². The molecule has 2 N–H and O–H groups in total. The maximum Gasteiger partial charge on any atom is 0.317 e. The van der Waals surface area contributed by atoms with Crippen LogP contribution >= 0.6 is 0 Å². The molecule has 2 aromatic carbocycles. The van der Waals surface area contributed by atoms with Gasteiger partial charge in [0.1, 0.15) is 0 Å². The summed E-state index contributed by atoms with van der Waals surface area (Å²) in [5.41, 5.74) is 3.42. The molecule has 0 atom stereocenters. The van der Waals surface area contributed by atoms with E-state index >= 15 is 0 Å². The molecule has 0 radical (unpaired) electrons. The second-order valence-corrected chi connectivity index (χ2v) is 7.54. The predicted octanol–water partition coefficient (Wildman–Crippen LogP) is 3.62. The highest BCUT2D eigenvalue weighted by Crippen LogP contribution is 2.20. The first-order valence-electron chi connectivity index (χ1n) is 9.99. The summed E-state index contributed by atoms with van der Waals surface area (Å²) in [6.45, 7) is 4.57. The van der Waals surface area contributed by atoms with Crippen LogP contribution in [0.5, 0.6) is 0 Å². The number of amides is 3. The third-order valence-electron chi connectivity index (χ3n) is 5.27. The first-order chi connectivity index (χ1) is 13.6. The summed E-state index contributed by atoms with van der Waals surface area (Å²) in [5.74, 6) is 0.433. The summed E-state index contributed by atoms with van der Waals surface area (Å²) in [4.78, 5) is 26.4. The van der Waals surface area contributed by atoms with Gasteiger partial charge in [-0.1, -0.05) is 60.2 Å². The van der Waals surface area contributed by atoms with E-state index < -0.39 is 0 Å². The van der Waals surface area contributed by atoms with E-state index in [0.717, 1.165) is 24.0 Å². The van der Waals surface area contributed by atoms with Crippen molar-refractivity contribution >= 4 is 11.9 Å². The summed E-state index contributed by atoms with van der Waals surface area (Å²) in [5, 5.41) is 5.98. The number of piperidine rings is 1. The molecule has 0 saturated carbocycles. The van der Waals surface area contributed by atoms with Crippen LogP contribution in [0.1, 0.15) is 36.0 Å². The number of benzene rings is 2. The van der Waals surface area contributed by atoms with Crippen molar-refractivity contribution in [3.63, 3.8) is 0 Å². The van der Waals surface area contributed by atoms with E-state index in [-0.39, 0.29) is 11.9 Å². The molecule has 0 aromatic heterocycles. The number of hydrogen-bond acceptors (Lipinski definition) is 2. The first kappa shape index (κ1) is 19.9. The van der Waals surface area contributed by atoms with Crippen molar-refractivity contribution in [2.45, 2.75) is 39.3 Å². The van der Waals surface area contributed by atoms with Gasteiger partial charge in [0, 0.05) is 32.6 Å². The summed E-state index contributed by atoms with van der Waals surface area (Å²) in [6, 6.07) is 18.1. The fourth-order valence-electron chi connectivity index (χ4n) is 3.47. The topological polar surface area (TPSA) is 61.4 Å². The number of carbonyl (C=O) groups excluding carboxylic acids is 2. The molecule has 28 heavy (non-hydrogen) atoms. The van der Waals surface area contributed by atoms with Gasteiger partial charge in [0.25, 0.3) is 0 Å². The Hall–Kier alpha value is -2.82. The molecule has 3 rings (SSSR count). The van der Waals surface area contributed by atoms with E-state index in [2.05, 4.69) is 29.7 Å². The van der Waals surface area contributed by atoms with E-state index in [4.69, 9.17) is 0 Å². The van der Waals surface area contributed by atoms with Gasteiger partial charge in [-0.3, -0.25) is 4.79 Å². The van der Waals surface area contributed by atoms with Crippen molar-refractivity contribution < 1.29 is 9.59 Å². The Balaban J connectivity index is 1.34. The second-order valence-electron chi connectivity index (χ2n) is 7.54. The van der Waals surface area contributed by atoms with Crippen LogP contribution in [-0.4, -0.2) is 29.9 Å². The lowest BCUT2D eigenvalue weighted by Crippen LogP contribution is -2.44. The molecule has 148 valence electrons. The number of urea groups is 1. The summed E-state index contributed by atoms with van der Waals surface area (Å²) in [7, 11) is 0. The first-order valence-corrected chi connectivity index (χ1v) is 9.99. The minimum absolute atomic E-state index is 0.0208. The number of hydrogen-bond donors (Lipinski definition) is 2. The van der Waals surface area contributed by atoms with Crippen LogP contribution in [0.2, 0.25) is 0 Å². The molecule has 1 saturated heterocycles. The maximum absolute atomic E-state index is 12.4. The van der Waals surface area contributed by atoms with E-state index in [1.807, 2.05) is 47.4 Å². The van der Waals surface area contributed by atoms with Crippen LogP contribution in [0.25, 0.3) is 0 Å². The Bertz CT molecular complexity index is 766. The van der Waals surface area contributed by atoms with Gasteiger partial charge in [-0.05, 0) is 36.8 Å². The zero-order valence-corrected chi connectivity index (χ0v) is 16.5. The third kappa shape index (κ3) is 6.12. The molecule has 1 heterocycles. The van der Waals surface area contributed by atoms with Crippen LogP contribution in [0, 0.1) is 12.8 Å². The van der Waals surface area contributed by atoms with E-state index in [0.29, 0.717) is 38.5 Å². The molecule has 0 bridgehead atoms. The fourth-order valence-corrected chi connectivity index (χ4v) is 3.47. The van der Waals surface area contributed by atoms with Gasteiger partial charge >= 0.3 is 6.03 Å². The van der Waals surface area contributed by atoms with Gasteiger partial charge in [-0.25, -0.2) is 4.79 Å². The lowest BCUT2D eigenvalue weighted by Gasteiger charge is -2.31. The molecule has 1 aliphatic rings. The molecule has 0 aliphatic carbocycles. The predicted molar refractivity (Wildman–Crippen MR) is 111 cm³/mol. The molecule has 2 aromatic rings. The smallest absolute Gasteiger partial charge is 0.317 e. The molecule has 0 unspecified atom stereocenters. The van der Waals surface area contributed by atoms with Crippen LogP contribution in [0.3, 0.4) is 0 Å². The SMILES string of the molecule is Cc1ccc(CNC(=O)N2CCC(CC(=O)NCc3ccccc3)CC2)cc1. The fraction of sp³-hybridized carbons (Fsp3) is 0.391. The summed E-state index contributed by atoms with van der Waals surface area (Å²) in [6.07, 6.45) is 2.28. The normalized spacial score (nSPS) is 14.5. The van der Waals surface area contributed by atoms with Crippen LogP contribution in [-0.2, 0) is 17.9 Å². The minimum Gasteiger partial charge on any atom is -0.352 e. The molecular formula is C23H29N3O2. The lowest BCUT2D eigenvalue weighted by molar-refractivity contribution is -0.122. The number of carbonyl (C=O) groups is 2. The largest absolute Gasteiger partial charge is 0.352 e. The Kier molecular flexibility index (Phi) is 7.06. The molecule has 1 aliphatic heterocycles.